The van der Waals surface area contributed by atoms with Crippen molar-refractivity contribution in [3.8, 4) is 0 Å². The fourth-order valence-corrected chi connectivity index (χ4v) is 1.93. The highest BCUT2D eigenvalue weighted by molar-refractivity contribution is 5.84. The summed E-state index contributed by atoms with van der Waals surface area (Å²) in [6.45, 7) is 6.74. The van der Waals surface area contributed by atoms with Gasteiger partial charge in [0, 0.05) is 0 Å². The molecule has 0 radical (unpaired) electrons. The van der Waals surface area contributed by atoms with Crippen LogP contribution in [-0.2, 0) is 9.53 Å². The smallest absolute Gasteiger partial charge is 0.408 e. The third-order valence-corrected chi connectivity index (χ3v) is 3.03. The van der Waals surface area contributed by atoms with E-state index in [4.69, 9.17) is 4.74 Å². The minimum absolute atomic E-state index is 0.137. The molecule has 0 heterocycles. The molecule has 18 heavy (non-hydrogen) atoms. The maximum absolute atomic E-state index is 11.7. The Morgan fingerprint density at radius 3 is 2.11 bits per heavy atom. The van der Waals surface area contributed by atoms with Crippen molar-refractivity contribution in [1.82, 2.24) is 5.32 Å². The van der Waals surface area contributed by atoms with Gasteiger partial charge in [-0.3, -0.25) is 0 Å². The molecule has 0 bridgehead atoms. The summed E-state index contributed by atoms with van der Waals surface area (Å²) >= 11 is 0. The summed E-state index contributed by atoms with van der Waals surface area (Å²) in [5.74, 6) is -1.18. The van der Waals surface area contributed by atoms with Gasteiger partial charge in [0.05, 0.1) is 0 Å². The van der Waals surface area contributed by atoms with Crippen LogP contribution in [0.4, 0.5) is 4.79 Å². The number of hydrogen-bond acceptors (Lipinski definition) is 3. The van der Waals surface area contributed by atoms with Gasteiger partial charge in [0.1, 0.15) is 11.1 Å². The molecule has 0 spiro atoms. The van der Waals surface area contributed by atoms with Crippen LogP contribution in [-0.4, -0.2) is 28.3 Å². The second-order valence-electron chi connectivity index (χ2n) is 5.77. The standard InChI is InChI=1S/C13H21NO4/c1-12(2,3)18-11(17)14-13(4,10(15)16)9-7-5-6-8-9/h5-6,9H,7-8H2,1-4H3,(H,14,17)(H,15,16). The van der Waals surface area contributed by atoms with Crippen LogP contribution in [0.2, 0.25) is 0 Å². The van der Waals surface area contributed by atoms with Crippen molar-refractivity contribution in [1.29, 1.82) is 0 Å². The highest BCUT2D eigenvalue weighted by atomic mass is 16.6. The van der Waals surface area contributed by atoms with E-state index in [0.29, 0.717) is 12.8 Å². The second kappa shape index (κ2) is 5.00. The molecule has 1 unspecified atom stereocenters. The van der Waals surface area contributed by atoms with Gasteiger partial charge in [0.25, 0.3) is 0 Å². The summed E-state index contributed by atoms with van der Waals surface area (Å²) in [6.07, 6.45) is 4.47. The van der Waals surface area contributed by atoms with Crippen molar-refractivity contribution in [2.75, 3.05) is 0 Å². The van der Waals surface area contributed by atoms with E-state index in [0.717, 1.165) is 0 Å². The Labute approximate surface area is 107 Å². The number of carboxylic acids is 1. The maximum atomic E-state index is 11.7. The number of carbonyl (C=O) groups excluding carboxylic acids is 1. The van der Waals surface area contributed by atoms with Gasteiger partial charge in [0.2, 0.25) is 0 Å². The number of amides is 1. The number of carboxylic acid groups (broad SMARTS) is 1. The van der Waals surface area contributed by atoms with E-state index in [1.54, 1.807) is 20.8 Å². The minimum atomic E-state index is -1.30. The molecule has 5 nitrogen and oxygen atoms in total. The highest BCUT2D eigenvalue weighted by Crippen LogP contribution is 2.30. The first-order valence-electron chi connectivity index (χ1n) is 6.05. The van der Waals surface area contributed by atoms with E-state index >= 15 is 0 Å². The maximum Gasteiger partial charge on any atom is 0.408 e. The minimum Gasteiger partial charge on any atom is -0.480 e. The predicted molar refractivity (Wildman–Crippen MR) is 67.3 cm³/mol. The quantitative estimate of drug-likeness (QED) is 0.759. The second-order valence-corrected chi connectivity index (χ2v) is 5.77. The molecule has 5 heteroatoms. The van der Waals surface area contributed by atoms with E-state index in [1.165, 1.54) is 6.92 Å². The monoisotopic (exact) mass is 255 g/mol. The van der Waals surface area contributed by atoms with E-state index < -0.39 is 23.2 Å². The Morgan fingerprint density at radius 2 is 1.72 bits per heavy atom. The van der Waals surface area contributed by atoms with E-state index in [-0.39, 0.29) is 5.92 Å². The van der Waals surface area contributed by atoms with Gasteiger partial charge in [-0.1, -0.05) is 12.2 Å². The molecule has 0 aromatic heterocycles. The summed E-state index contributed by atoms with van der Waals surface area (Å²) in [5.41, 5.74) is -1.94. The first-order valence-corrected chi connectivity index (χ1v) is 6.05. The van der Waals surface area contributed by atoms with Crippen molar-refractivity contribution in [2.45, 2.75) is 51.7 Å². The molecule has 102 valence electrons. The van der Waals surface area contributed by atoms with Crippen LogP contribution in [0.3, 0.4) is 0 Å². The van der Waals surface area contributed by atoms with Crippen LogP contribution in [0.1, 0.15) is 40.5 Å². The van der Waals surface area contributed by atoms with Crippen LogP contribution in [0, 0.1) is 5.92 Å². The molecular weight excluding hydrogens is 234 g/mol. The Morgan fingerprint density at radius 1 is 1.22 bits per heavy atom. The zero-order valence-corrected chi connectivity index (χ0v) is 11.3. The lowest BCUT2D eigenvalue weighted by atomic mass is 9.84. The number of hydrogen-bond donors (Lipinski definition) is 2. The Kier molecular flexibility index (Phi) is 4.04. The van der Waals surface area contributed by atoms with Gasteiger partial charge < -0.3 is 15.2 Å². The van der Waals surface area contributed by atoms with Crippen LogP contribution in [0.25, 0.3) is 0 Å². The summed E-state index contributed by atoms with van der Waals surface area (Å²) in [5, 5.41) is 11.8. The Balaban J connectivity index is 2.74. The molecule has 0 aromatic carbocycles. The fourth-order valence-electron chi connectivity index (χ4n) is 1.93. The number of alkyl carbamates (subject to hydrolysis) is 1. The molecule has 2 N–H and O–H groups in total. The number of allylic oxidation sites excluding steroid dienone is 2. The van der Waals surface area contributed by atoms with Gasteiger partial charge in [-0.2, -0.15) is 0 Å². The zero-order valence-electron chi connectivity index (χ0n) is 11.3. The molecular formula is C13H21NO4. The number of carbonyl (C=O) groups is 2. The van der Waals surface area contributed by atoms with Crippen LogP contribution in [0.5, 0.6) is 0 Å². The highest BCUT2D eigenvalue weighted by Gasteiger charge is 2.43. The first-order chi connectivity index (χ1) is 8.15. The van der Waals surface area contributed by atoms with Gasteiger partial charge in [0.15, 0.2) is 0 Å². The number of rotatable bonds is 3. The molecule has 1 rings (SSSR count). The van der Waals surface area contributed by atoms with Crippen molar-refractivity contribution < 1.29 is 19.4 Å². The third-order valence-electron chi connectivity index (χ3n) is 3.03. The lowest BCUT2D eigenvalue weighted by Gasteiger charge is -2.33. The van der Waals surface area contributed by atoms with Crippen LogP contribution in [0.15, 0.2) is 12.2 Å². The summed E-state index contributed by atoms with van der Waals surface area (Å²) in [4.78, 5) is 23.1. The van der Waals surface area contributed by atoms with Gasteiger partial charge in [-0.15, -0.1) is 0 Å². The van der Waals surface area contributed by atoms with Crippen LogP contribution >= 0.6 is 0 Å². The third kappa shape index (κ3) is 3.48. The molecule has 1 aliphatic rings. The first kappa shape index (κ1) is 14.5. The average Bonchev–Trinajstić information content (AvgIpc) is 2.66. The molecule has 0 saturated heterocycles. The van der Waals surface area contributed by atoms with Gasteiger partial charge in [-0.05, 0) is 46.5 Å². The Hall–Kier alpha value is -1.52. The van der Waals surface area contributed by atoms with Crippen molar-refractivity contribution in [2.24, 2.45) is 5.92 Å². The van der Waals surface area contributed by atoms with Crippen LogP contribution < -0.4 is 5.32 Å². The molecule has 1 amide bonds. The molecule has 0 aromatic rings. The lowest BCUT2D eigenvalue weighted by molar-refractivity contribution is -0.146. The molecule has 0 fully saturated rings. The summed E-state index contributed by atoms with van der Waals surface area (Å²) in [6, 6.07) is 0. The fraction of sp³-hybridized carbons (Fsp3) is 0.692. The van der Waals surface area contributed by atoms with Crippen molar-refractivity contribution in [3.05, 3.63) is 12.2 Å². The average molecular weight is 255 g/mol. The van der Waals surface area contributed by atoms with Gasteiger partial charge >= 0.3 is 12.1 Å². The molecule has 1 atom stereocenters. The molecule has 0 aliphatic heterocycles. The number of ether oxygens (including phenoxy) is 1. The largest absolute Gasteiger partial charge is 0.480 e. The SMILES string of the molecule is CC(C)(C)OC(=O)NC(C)(C(=O)O)C1CC=CC1. The molecule has 1 aliphatic carbocycles. The van der Waals surface area contributed by atoms with Gasteiger partial charge in [-0.25, -0.2) is 9.59 Å². The lowest BCUT2D eigenvalue weighted by Crippen LogP contribution is -2.57. The Bertz CT molecular complexity index is 362. The van der Waals surface area contributed by atoms with Crippen molar-refractivity contribution >= 4 is 12.1 Å². The van der Waals surface area contributed by atoms with E-state index in [2.05, 4.69) is 5.32 Å². The normalized spacial score (nSPS) is 19.3. The molecule has 0 saturated carbocycles. The zero-order chi connectivity index (χ0) is 14.0. The van der Waals surface area contributed by atoms with E-state index in [9.17, 15) is 14.7 Å². The predicted octanol–water partition coefficient (Wildman–Crippen LogP) is 2.32. The van der Waals surface area contributed by atoms with E-state index in [1.807, 2.05) is 12.2 Å². The number of aliphatic carboxylic acids is 1. The van der Waals surface area contributed by atoms with Crippen molar-refractivity contribution in [3.63, 3.8) is 0 Å². The summed E-state index contributed by atoms with van der Waals surface area (Å²) < 4.78 is 5.11. The summed E-state index contributed by atoms with van der Waals surface area (Å²) in [7, 11) is 0. The topological polar surface area (TPSA) is 75.6 Å². The number of nitrogens with one attached hydrogen (secondary N) is 1.